The van der Waals surface area contributed by atoms with E-state index in [2.05, 4.69) is 69.4 Å². The third kappa shape index (κ3) is 60.1. The van der Waals surface area contributed by atoms with Gasteiger partial charge in [-0.25, -0.2) is 0 Å². The maximum atomic E-state index is 12.8. The highest BCUT2D eigenvalue weighted by Gasteiger charge is 2.19. The number of rotatable bonds is 59. The highest BCUT2D eigenvalue weighted by atomic mass is 16.6. The molecule has 0 rings (SSSR count). The Balaban J connectivity index is 3.85. The topological polar surface area (TPSA) is 78.9 Å². The average molecular weight is 1020 g/mol. The smallest absolute Gasteiger partial charge is 0.306 e. The summed E-state index contributed by atoms with van der Waals surface area (Å²) in [5.41, 5.74) is 0. The van der Waals surface area contributed by atoms with Crippen molar-refractivity contribution < 1.29 is 28.6 Å². The van der Waals surface area contributed by atoms with Crippen molar-refractivity contribution in [3.8, 4) is 0 Å². The van der Waals surface area contributed by atoms with Crippen LogP contribution in [0, 0.1) is 0 Å². The molecule has 1 unspecified atom stereocenters. The van der Waals surface area contributed by atoms with E-state index >= 15 is 0 Å². The van der Waals surface area contributed by atoms with Crippen LogP contribution in [0.2, 0.25) is 0 Å². The van der Waals surface area contributed by atoms with Crippen molar-refractivity contribution in [1.29, 1.82) is 0 Å². The second kappa shape index (κ2) is 61.9. The predicted molar refractivity (Wildman–Crippen MR) is 316 cm³/mol. The van der Waals surface area contributed by atoms with E-state index in [1.54, 1.807) is 0 Å². The summed E-state index contributed by atoms with van der Waals surface area (Å²) < 4.78 is 16.7. The summed E-state index contributed by atoms with van der Waals surface area (Å²) in [6.45, 7) is 6.46. The summed E-state index contributed by atoms with van der Waals surface area (Å²) in [5, 5.41) is 0. The first-order chi connectivity index (χ1) is 36.0. The summed E-state index contributed by atoms with van der Waals surface area (Å²) in [4.78, 5) is 37.8. The number of unbranched alkanes of at least 4 members (excludes halogenated alkanes) is 40. The molecule has 426 valence electrons. The first kappa shape index (κ1) is 70.4. The molecule has 0 aliphatic rings. The molecule has 0 amide bonds. The molecular weight excluding hydrogens is 901 g/mol. The van der Waals surface area contributed by atoms with Crippen LogP contribution in [-0.2, 0) is 28.6 Å². The van der Waals surface area contributed by atoms with Crippen molar-refractivity contribution in [2.45, 2.75) is 348 Å². The Morgan fingerprint density at radius 1 is 0.288 bits per heavy atom. The average Bonchev–Trinajstić information content (AvgIpc) is 3.39. The van der Waals surface area contributed by atoms with Crippen LogP contribution in [0.15, 0.2) is 48.6 Å². The zero-order valence-corrected chi connectivity index (χ0v) is 48.9. The Morgan fingerprint density at radius 2 is 0.534 bits per heavy atom. The van der Waals surface area contributed by atoms with Gasteiger partial charge in [-0.1, -0.05) is 294 Å². The van der Waals surface area contributed by atoms with E-state index < -0.39 is 6.10 Å². The summed E-state index contributed by atoms with van der Waals surface area (Å²) in [7, 11) is 0. The van der Waals surface area contributed by atoms with Crippen LogP contribution in [0.5, 0.6) is 0 Å². The van der Waals surface area contributed by atoms with Gasteiger partial charge in [-0.3, -0.25) is 14.4 Å². The van der Waals surface area contributed by atoms with Crippen LogP contribution >= 0.6 is 0 Å². The lowest BCUT2D eigenvalue weighted by Crippen LogP contribution is -2.30. The van der Waals surface area contributed by atoms with Gasteiger partial charge in [-0.05, 0) is 77.0 Å². The van der Waals surface area contributed by atoms with E-state index in [1.807, 2.05) is 0 Å². The van der Waals surface area contributed by atoms with E-state index in [1.165, 1.54) is 199 Å². The summed E-state index contributed by atoms with van der Waals surface area (Å²) >= 11 is 0. The van der Waals surface area contributed by atoms with Gasteiger partial charge in [0.25, 0.3) is 0 Å². The minimum Gasteiger partial charge on any atom is -0.462 e. The fraction of sp³-hybridized carbons (Fsp3) is 0.836. The van der Waals surface area contributed by atoms with Crippen molar-refractivity contribution in [1.82, 2.24) is 0 Å². The van der Waals surface area contributed by atoms with Crippen LogP contribution in [-0.4, -0.2) is 37.2 Å². The van der Waals surface area contributed by atoms with E-state index in [0.717, 1.165) is 103 Å². The molecule has 0 saturated carbocycles. The third-order valence-electron chi connectivity index (χ3n) is 14.3. The molecule has 0 aliphatic heterocycles. The number of hydrogen-bond donors (Lipinski definition) is 0. The monoisotopic (exact) mass is 1020 g/mol. The molecule has 73 heavy (non-hydrogen) atoms. The molecule has 6 nitrogen and oxygen atoms in total. The zero-order valence-electron chi connectivity index (χ0n) is 48.9. The van der Waals surface area contributed by atoms with Crippen LogP contribution in [0.3, 0.4) is 0 Å². The molecular formula is C67H122O6. The molecule has 0 heterocycles. The van der Waals surface area contributed by atoms with Crippen LogP contribution in [0.25, 0.3) is 0 Å². The zero-order chi connectivity index (χ0) is 52.9. The molecule has 0 radical (unpaired) electrons. The maximum Gasteiger partial charge on any atom is 0.306 e. The normalized spacial score (nSPS) is 12.3. The molecule has 6 heteroatoms. The van der Waals surface area contributed by atoms with E-state index in [4.69, 9.17) is 14.2 Å². The van der Waals surface area contributed by atoms with Gasteiger partial charge in [0.2, 0.25) is 0 Å². The maximum absolute atomic E-state index is 12.8. The highest BCUT2D eigenvalue weighted by Crippen LogP contribution is 2.18. The molecule has 0 aromatic heterocycles. The minimum atomic E-state index is -0.776. The molecule has 0 aromatic rings. The van der Waals surface area contributed by atoms with Crippen LogP contribution in [0.4, 0.5) is 0 Å². The van der Waals surface area contributed by atoms with Crippen molar-refractivity contribution in [3.05, 3.63) is 48.6 Å². The number of carbonyl (C=O) groups excluding carboxylic acids is 3. The molecule has 0 N–H and O–H groups in total. The summed E-state index contributed by atoms with van der Waals surface area (Å²) in [5.74, 6) is -0.895. The Hall–Kier alpha value is -2.63. The Labute approximate surface area is 454 Å². The molecule has 0 saturated heterocycles. The fourth-order valence-electron chi connectivity index (χ4n) is 9.51. The first-order valence-corrected chi connectivity index (χ1v) is 32.1. The number of hydrogen-bond acceptors (Lipinski definition) is 6. The van der Waals surface area contributed by atoms with Gasteiger partial charge in [-0.2, -0.15) is 0 Å². The lowest BCUT2D eigenvalue weighted by atomic mass is 10.0. The van der Waals surface area contributed by atoms with Crippen molar-refractivity contribution in [3.63, 3.8) is 0 Å². The van der Waals surface area contributed by atoms with Gasteiger partial charge in [0, 0.05) is 19.3 Å². The number of esters is 3. The lowest BCUT2D eigenvalue weighted by Gasteiger charge is -2.18. The molecule has 0 aromatic carbocycles. The lowest BCUT2D eigenvalue weighted by molar-refractivity contribution is -0.167. The molecule has 0 aliphatic carbocycles. The summed E-state index contributed by atoms with van der Waals surface area (Å²) in [6.07, 6.45) is 77.7. The van der Waals surface area contributed by atoms with Crippen LogP contribution < -0.4 is 0 Å². The summed E-state index contributed by atoms with van der Waals surface area (Å²) in [6, 6.07) is 0. The second-order valence-corrected chi connectivity index (χ2v) is 21.6. The van der Waals surface area contributed by atoms with Gasteiger partial charge < -0.3 is 14.2 Å². The van der Waals surface area contributed by atoms with Crippen molar-refractivity contribution in [2.24, 2.45) is 0 Å². The first-order valence-electron chi connectivity index (χ1n) is 32.1. The van der Waals surface area contributed by atoms with Gasteiger partial charge in [0.05, 0.1) is 0 Å². The standard InChI is InChI=1S/C67H122O6/c1-4-7-10-13-15-17-19-21-23-24-25-26-27-28-29-30-31-32-33-34-35-36-37-38-39-40-41-42-44-45-47-49-51-54-57-60-66(69)72-63-64(62-71-65(68)59-56-53-12-9-6-3)73-67(70)61-58-55-52-50-48-46-43-22-20-18-16-14-11-8-5-2/h8,11,16,18,22,24-25,43,64H,4-7,9-10,12-15,17,19-21,23,26-42,44-63H2,1-3H3/b11-8-,18-16-,25-24-,43-22-. The van der Waals surface area contributed by atoms with Crippen molar-refractivity contribution >= 4 is 17.9 Å². The minimum absolute atomic E-state index is 0.0773. The van der Waals surface area contributed by atoms with Gasteiger partial charge in [0.15, 0.2) is 6.10 Å². The largest absolute Gasteiger partial charge is 0.462 e. The highest BCUT2D eigenvalue weighted by molar-refractivity contribution is 5.71. The Morgan fingerprint density at radius 3 is 0.849 bits per heavy atom. The molecule has 0 bridgehead atoms. The molecule has 1 atom stereocenters. The van der Waals surface area contributed by atoms with E-state index in [-0.39, 0.29) is 31.1 Å². The molecule has 0 spiro atoms. The second-order valence-electron chi connectivity index (χ2n) is 21.6. The number of carbonyl (C=O) groups is 3. The third-order valence-corrected chi connectivity index (χ3v) is 14.3. The Bertz CT molecular complexity index is 1270. The van der Waals surface area contributed by atoms with E-state index in [9.17, 15) is 14.4 Å². The van der Waals surface area contributed by atoms with Crippen LogP contribution in [0.1, 0.15) is 342 Å². The Kier molecular flexibility index (Phi) is 59.7. The number of allylic oxidation sites excluding steroid dienone is 8. The SMILES string of the molecule is CC/C=C\C/C=C\C/C=C\CCCCCCCC(=O)OC(COC(=O)CCCCCCC)COC(=O)CCCCCCCCCCCCCCCCCCCCCCCCC/C=C\CCCCCCCCCC. The number of ether oxygens (including phenoxy) is 3. The fourth-order valence-corrected chi connectivity index (χ4v) is 9.51. The van der Waals surface area contributed by atoms with E-state index in [0.29, 0.717) is 19.3 Å². The predicted octanol–water partition coefficient (Wildman–Crippen LogP) is 21.8. The quantitative estimate of drug-likeness (QED) is 0.0261. The van der Waals surface area contributed by atoms with Gasteiger partial charge in [0.1, 0.15) is 13.2 Å². The molecule has 0 fully saturated rings. The van der Waals surface area contributed by atoms with Crippen molar-refractivity contribution in [2.75, 3.05) is 13.2 Å². The van der Waals surface area contributed by atoms with Gasteiger partial charge in [-0.15, -0.1) is 0 Å². The van der Waals surface area contributed by atoms with Gasteiger partial charge >= 0.3 is 17.9 Å².